The summed E-state index contributed by atoms with van der Waals surface area (Å²) < 4.78 is 71.7. The number of benzene rings is 2. The average molecular weight is 731 g/mol. The number of carbonyl (C=O) groups is 2. The number of fused-ring (bicyclic) bond motifs is 1. The summed E-state index contributed by atoms with van der Waals surface area (Å²) in [6.07, 6.45) is -2.06. The van der Waals surface area contributed by atoms with Gasteiger partial charge >= 0.3 is 19.9 Å². The molecule has 16 heteroatoms. The van der Waals surface area contributed by atoms with Gasteiger partial charge in [-0.05, 0) is 81.5 Å². The maximum Gasteiger partial charge on any atom is 0.421 e. The zero-order chi connectivity index (χ0) is 37.1. The van der Waals surface area contributed by atoms with Crippen molar-refractivity contribution in [1.82, 2.24) is 19.8 Å². The van der Waals surface area contributed by atoms with Crippen molar-refractivity contribution in [2.75, 3.05) is 44.0 Å². The van der Waals surface area contributed by atoms with Crippen molar-refractivity contribution < 1.29 is 41.1 Å². The molecule has 0 fully saturated rings. The molecule has 0 radical (unpaired) electrons. The zero-order valence-corrected chi connectivity index (χ0v) is 30.3. The van der Waals surface area contributed by atoms with Gasteiger partial charge in [0.05, 0.1) is 30.6 Å². The van der Waals surface area contributed by atoms with Crippen molar-refractivity contribution in [3.63, 3.8) is 0 Å². The minimum absolute atomic E-state index is 0.0542. The predicted molar refractivity (Wildman–Crippen MR) is 187 cm³/mol. The van der Waals surface area contributed by atoms with Crippen LogP contribution in [0.5, 0.6) is 0 Å². The molecule has 2 amide bonds. The third-order valence-electron chi connectivity index (χ3n) is 8.06. The highest BCUT2D eigenvalue weighted by atomic mass is 31.2. The van der Waals surface area contributed by atoms with E-state index in [0.29, 0.717) is 42.5 Å². The van der Waals surface area contributed by atoms with Crippen molar-refractivity contribution in [3.8, 4) is 0 Å². The van der Waals surface area contributed by atoms with E-state index in [2.05, 4.69) is 20.6 Å². The molecule has 51 heavy (non-hydrogen) atoms. The minimum atomic E-state index is -4.80. The average Bonchev–Trinajstić information content (AvgIpc) is 3.35. The molecular weight excluding hydrogens is 688 g/mol. The van der Waals surface area contributed by atoms with Crippen LogP contribution < -0.4 is 10.6 Å². The van der Waals surface area contributed by atoms with Gasteiger partial charge in [-0.3, -0.25) is 9.36 Å². The highest BCUT2D eigenvalue weighted by molar-refractivity contribution is 7.53. The van der Waals surface area contributed by atoms with Gasteiger partial charge in [-0.1, -0.05) is 24.3 Å². The molecule has 2 N–H and O–H groups in total. The number of aromatic nitrogens is 2. The monoisotopic (exact) mass is 730 g/mol. The van der Waals surface area contributed by atoms with E-state index >= 15 is 0 Å². The largest absolute Gasteiger partial charge is 0.444 e. The third-order valence-corrected chi connectivity index (χ3v) is 10.1. The standard InChI is InChI=1S/C35H42F3N6O6P/c1-7-48-51(47,49-8-2)21-22-9-11-24(12-10-22)40-32-39-19-27(35(36,37)38)30(42-32)41-28-14-13-25(26-20-43(6)31(45)29(26)28)23-15-17-44(18-16-23)33(46)50-34(3,4)5/h9-15,19H,7-8,16-18,20-21H2,1-6H3,(H2,39,40,41,42). The molecule has 1 aromatic heterocycles. The number of anilines is 4. The van der Waals surface area contributed by atoms with Gasteiger partial charge in [0.2, 0.25) is 5.95 Å². The van der Waals surface area contributed by atoms with Crippen LogP contribution in [-0.4, -0.2) is 70.7 Å². The molecule has 0 atom stereocenters. The fourth-order valence-electron chi connectivity index (χ4n) is 5.81. The van der Waals surface area contributed by atoms with Crippen LogP contribution in [0.4, 0.5) is 41.1 Å². The van der Waals surface area contributed by atoms with Gasteiger partial charge < -0.3 is 34.2 Å². The van der Waals surface area contributed by atoms with Crippen LogP contribution in [0, 0.1) is 0 Å². The summed E-state index contributed by atoms with van der Waals surface area (Å²) in [5.74, 6) is -1.00. The molecule has 0 unspecified atom stereocenters. The molecule has 2 aliphatic rings. The van der Waals surface area contributed by atoms with Crippen LogP contribution in [0.2, 0.25) is 0 Å². The summed E-state index contributed by atoms with van der Waals surface area (Å²) >= 11 is 0. The summed E-state index contributed by atoms with van der Waals surface area (Å²) in [5, 5.41) is 5.70. The predicted octanol–water partition coefficient (Wildman–Crippen LogP) is 8.36. The smallest absolute Gasteiger partial charge is 0.421 e. The third kappa shape index (κ3) is 9.07. The summed E-state index contributed by atoms with van der Waals surface area (Å²) in [7, 11) is -1.71. The summed E-state index contributed by atoms with van der Waals surface area (Å²) in [6, 6.07) is 10.0. The molecule has 5 rings (SSSR count). The van der Waals surface area contributed by atoms with Crippen LogP contribution in [0.3, 0.4) is 0 Å². The van der Waals surface area contributed by atoms with E-state index in [4.69, 9.17) is 13.8 Å². The lowest BCUT2D eigenvalue weighted by Gasteiger charge is -2.30. The second kappa shape index (κ2) is 15.0. The molecule has 3 aromatic rings. The van der Waals surface area contributed by atoms with Crippen molar-refractivity contribution in [3.05, 3.63) is 76.5 Å². The number of nitrogens with one attached hydrogen (secondary N) is 2. The Bertz CT molecular complexity index is 1850. The SMILES string of the molecule is CCOP(=O)(Cc1ccc(Nc2ncc(C(F)(F)F)c(Nc3ccc(C4=CCN(C(=O)OC(C)(C)C)CC4)c4c3C(=O)N(C)C4)n2)cc1)OCC. The number of hydrogen-bond acceptors (Lipinski definition) is 10. The van der Waals surface area contributed by atoms with E-state index in [1.54, 1.807) is 83.0 Å². The van der Waals surface area contributed by atoms with E-state index in [1.807, 2.05) is 6.08 Å². The first-order valence-electron chi connectivity index (χ1n) is 16.5. The topological polar surface area (TPSA) is 135 Å². The Kier molecular flexibility index (Phi) is 11.1. The van der Waals surface area contributed by atoms with Crippen molar-refractivity contribution in [2.45, 2.75) is 65.5 Å². The quantitative estimate of drug-likeness (QED) is 0.185. The minimum Gasteiger partial charge on any atom is -0.444 e. The lowest BCUT2D eigenvalue weighted by atomic mass is 9.92. The molecule has 0 aliphatic carbocycles. The second-order valence-electron chi connectivity index (χ2n) is 13.1. The number of amides is 2. The van der Waals surface area contributed by atoms with Crippen LogP contribution in [0.15, 0.2) is 48.7 Å². The zero-order valence-electron chi connectivity index (χ0n) is 29.4. The Morgan fingerprint density at radius 1 is 1.02 bits per heavy atom. The normalized spacial score (nSPS) is 15.1. The first-order valence-corrected chi connectivity index (χ1v) is 18.3. The van der Waals surface area contributed by atoms with Crippen LogP contribution in [0.1, 0.15) is 73.7 Å². The molecule has 0 saturated heterocycles. The Hall–Kier alpha value is -4.46. The molecule has 0 saturated carbocycles. The first kappa shape index (κ1) is 37.8. The highest BCUT2D eigenvalue weighted by Gasteiger charge is 2.37. The molecule has 0 spiro atoms. The number of ether oxygens (including phenoxy) is 1. The van der Waals surface area contributed by atoms with E-state index in [9.17, 15) is 27.3 Å². The van der Waals surface area contributed by atoms with Crippen LogP contribution in [-0.2, 0) is 37.2 Å². The highest BCUT2D eigenvalue weighted by Crippen LogP contribution is 2.51. The first-order chi connectivity index (χ1) is 24.0. The molecular formula is C35H42F3N6O6P. The number of carbonyl (C=O) groups excluding carboxylic acids is 2. The maximum absolute atomic E-state index is 14.2. The molecule has 12 nitrogen and oxygen atoms in total. The number of halogens is 3. The van der Waals surface area contributed by atoms with Gasteiger partial charge in [0, 0.05) is 38.6 Å². The van der Waals surface area contributed by atoms with Gasteiger partial charge in [0.1, 0.15) is 17.0 Å². The van der Waals surface area contributed by atoms with E-state index in [-0.39, 0.29) is 49.0 Å². The Balaban J connectivity index is 1.40. The lowest BCUT2D eigenvalue weighted by Crippen LogP contribution is -2.39. The van der Waals surface area contributed by atoms with E-state index in [0.717, 1.165) is 11.1 Å². The maximum atomic E-state index is 14.2. The molecule has 274 valence electrons. The Morgan fingerprint density at radius 3 is 2.29 bits per heavy atom. The molecule has 2 aliphatic heterocycles. The van der Waals surface area contributed by atoms with Crippen LogP contribution in [0.25, 0.3) is 5.57 Å². The van der Waals surface area contributed by atoms with Gasteiger partial charge in [-0.2, -0.15) is 18.2 Å². The number of alkyl halides is 3. The number of rotatable bonds is 11. The number of nitrogens with zero attached hydrogens (tertiary/aromatic N) is 4. The van der Waals surface area contributed by atoms with Gasteiger partial charge in [0.15, 0.2) is 0 Å². The Morgan fingerprint density at radius 2 is 1.71 bits per heavy atom. The summed E-state index contributed by atoms with van der Waals surface area (Å²) in [6.45, 7) is 10.3. The molecule has 2 aromatic carbocycles. The molecule has 3 heterocycles. The fraction of sp³-hybridized carbons (Fsp3) is 0.429. The van der Waals surface area contributed by atoms with Gasteiger partial charge in [-0.25, -0.2) is 9.78 Å². The Labute approximate surface area is 294 Å². The van der Waals surface area contributed by atoms with E-state index in [1.165, 1.54) is 4.90 Å². The van der Waals surface area contributed by atoms with Crippen molar-refractivity contribution in [1.29, 1.82) is 0 Å². The molecule has 0 bridgehead atoms. The number of hydrogen-bond donors (Lipinski definition) is 2. The second-order valence-corrected chi connectivity index (χ2v) is 15.1. The van der Waals surface area contributed by atoms with Gasteiger partial charge in [0.25, 0.3) is 5.91 Å². The van der Waals surface area contributed by atoms with Crippen LogP contribution >= 0.6 is 7.60 Å². The van der Waals surface area contributed by atoms with E-state index < -0.39 is 36.8 Å². The summed E-state index contributed by atoms with van der Waals surface area (Å²) in [5.41, 5.74) is 2.22. The van der Waals surface area contributed by atoms with Crippen molar-refractivity contribution >= 4 is 48.3 Å². The lowest BCUT2D eigenvalue weighted by molar-refractivity contribution is -0.137. The van der Waals surface area contributed by atoms with Gasteiger partial charge in [-0.15, -0.1) is 0 Å². The van der Waals surface area contributed by atoms with Crippen molar-refractivity contribution in [2.24, 2.45) is 0 Å². The fourth-order valence-corrected chi connectivity index (χ4v) is 7.51. The summed E-state index contributed by atoms with van der Waals surface area (Å²) in [4.78, 5) is 37.1.